The van der Waals surface area contributed by atoms with Gasteiger partial charge in [-0.3, -0.25) is 4.90 Å². The van der Waals surface area contributed by atoms with Crippen LogP contribution in [0.15, 0.2) is 12.4 Å². The lowest BCUT2D eigenvalue weighted by molar-refractivity contribution is 0.103. The van der Waals surface area contributed by atoms with E-state index >= 15 is 0 Å². The lowest BCUT2D eigenvalue weighted by atomic mass is 10.2. The lowest BCUT2D eigenvalue weighted by Gasteiger charge is -2.38. The van der Waals surface area contributed by atoms with Gasteiger partial charge in [-0.2, -0.15) is 0 Å². The third kappa shape index (κ3) is 3.23. The molecule has 1 aliphatic heterocycles. The highest BCUT2D eigenvalue weighted by molar-refractivity contribution is 5.27. The Morgan fingerprint density at radius 3 is 2.89 bits per heavy atom. The molecule has 0 amide bonds. The standard InChI is InChI=1S/C13H25N5/c1-11(2)15-13-14-5-6-18(13)10-12-9-16(3)7-8-17(12)4/h5-6,11-12H,7-10H2,1-4H3,(H,14,15). The Hall–Kier alpha value is -1.07. The monoisotopic (exact) mass is 251 g/mol. The quantitative estimate of drug-likeness (QED) is 0.864. The van der Waals surface area contributed by atoms with Gasteiger partial charge in [-0.25, -0.2) is 4.98 Å². The van der Waals surface area contributed by atoms with E-state index in [0.717, 1.165) is 32.1 Å². The molecule has 5 heteroatoms. The summed E-state index contributed by atoms with van der Waals surface area (Å²) >= 11 is 0. The Bertz CT molecular complexity index is 373. The normalized spacial score (nSPS) is 22.6. The van der Waals surface area contributed by atoms with Gasteiger partial charge in [0.25, 0.3) is 0 Å². The van der Waals surface area contributed by atoms with E-state index in [1.165, 1.54) is 0 Å². The van der Waals surface area contributed by atoms with Gasteiger partial charge < -0.3 is 14.8 Å². The fourth-order valence-corrected chi connectivity index (χ4v) is 2.38. The van der Waals surface area contributed by atoms with E-state index in [4.69, 9.17) is 0 Å². The number of hydrogen-bond acceptors (Lipinski definition) is 4. The van der Waals surface area contributed by atoms with Gasteiger partial charge in [0, 0.05) is 50.7 Å². The molecule has 102 valence electrons. The van der Waals surface area contributed by atoms with Crippen molar-refractivity contribution >= 4 is 5.95 Å². The van der Waals surface area contributed by atoms with Crippen LogP contribution in [-0.4, -0.2) is 65.2 Å². The molecule has 0 aromatic carbocycles. The van der Waals surface area contributed by atoms with Gasteiger partial charge in [-0.1, -0.05) is 0 Å². The second kappa shape index (κ2) is 5.71. The molecule has 1 aliphatic rings. The molecule has 5 nitrogen and oxygen atoms in total. The molecule has 1 saturated heterocycles. The van der Waals surface area contributed by atoms with E-state index in [1.807, 2.05) is 6.20 Å². The highest BCUT2D eigenvalue weighted by Crippen LogP contribution is 2.12. The molecule has 2 heterocycles. The van der Waals surface area contributed by atoms with Gasteiger partial charge in [-0.15, -0.1) is 0 Å². The fraction of sp³-hybridized carbons (Fsp3) is 0.769. The first kappa shape index (κ1) is 13.4. The molecular weight excluding hydrogens is 226 g/mol. The zero-order valence-electron chi connectivity index (χ0n) is 11.9. The second-order valence-electron chi connectivity index (χ2n) is 5.60. The Balaban J connectivity index is 2.01. The third-order valence-electron chi connectivity index (χ3n) is 3.52. The average molecular weight is 251 g/mol. The van der Waals surface area contributed by atoms with Crippen molar-refractivity contribution in [1.82, 2.24) is 19.4 Å². The van der Waals surface area contributed by atoms with Crippen LogP contribution >= 0.6 is 0 Å². The first-order valence-electron chi connectivity index (χ1n) is 6.72. The van der Waals surface area contributed by atoms with E-state index in [-0.39, 0.29) is 0 Å². The van der Waals surface area contributed by atoms with E-state index < -0.39 is 0 Å². The topological polar surface area (TPSA) is 36.3 Å². The third-order valence-corrected chi connectivity index (χ3v) is 3.52. The van der Waals surface area contributed by atoms with Crippen LogP contribution in [0.25, 0.3) is 0 Å². The number of aromatic nitrogens is 2. The van der Waals surface area contributed by atoms with Crippen LogP contribution < -0.4 is 5.32 Å². The number of piperazine rings is 1. The van der Waals surface area contributed by atoms with Crippen LogP contribution in [0.3, 0.4) is 0 Å². The van der Waals surface area contributed by atoms with Crippen LogP contribution in [0.2, 0.25) is 0 Å². The zero-order valence-corrected chi connectivity index (χ0v) is 11.9. The van der Waals surface area contributed by atoms with Crippen LogP contribution in [0, 0.1) is 0 Å². The highest BCUT2D eigenvalue weighted by atomic mass is 15.3. The number of nitrogens with zero attached hydrogens (tertiary/aromatic N) is 4. The number of nitrogens with one attached hydrogen (secondary N) is 1. The smallest absolute Gasteiger partial charge is 0.203 e. The number of hydrogen-bond donors (Lipinski definition) is 1. The zero-order chi connectivity index (χ0) is 13.1. The van der Waals surface area contributed by atoms with Crippen molar-refractivity contribution in [3.05, 3.63) is 12.4 Å². The molecule has 0 radical (unpaired) electrons. The first-order chi connectivity index (χ1) is 8.56. The minimum Gasteiger partial charge on any atom is -0.353 e. The number of anilines is 1. The maximum absolute atomic E-state index is 4.39. The van der Waals surface area contributed by atoms with Gasteiger partial charge in [0.15, 0.2) is 0 Å². The summed E-state index contributed by atoms with van der Waals surface area (Å²) in [7, 11) is 4.41. The Morgan fingerprint density at radius 1 is 1.39 bits per heavy atom. The molecule has 1 unspecified atom stereocenters. The van der Waals surface area contributed by atoms with Crippen molar-refractivity contribution in [2.24, 2.45) is 0 Å². The number of imidazole rings is 1. The predicted molar refractivity (Wildman–Crippen MR) is 74.9 cm³/mol. The maximum atomic E-state index is 4.39. The highest BCUT2D eigenvalue weighted by Gasteiger charge is 2.23. The van der Waals surface area contributed by atoms with Gasteiger partial charge >= 0.3 is 0 Å². The molecular formula is C13H25N5. The van der Waals surface area contributed by atoms with E-state index in [9.17, 15) is 0 Å². The van der Waals surface area contributed by atoms with E-state index in [2.05, 4.69) is 58.8 Å². The van der Waals surface area contributed by atoms with Gasteiger partial charge in [-0.05, 0) is 27.9 Å². The summed E-state index contributed by atoms with van der Waals surface area (Å²) < 4.78 is 2.22. The second-order valence-corrected chi connectivity index (χ2v) is 5.60. The summed E-state index contributed by atoms with van der Waals surface area (Å²) in [6.45, 7) is 8.70. The molecule has 2 rings (SSSR count). The molecule has 18 heavy (non-hydrogen) atoms. The van der Waals surface area contributed by atoms with E-state index in [1.54, 1.807) is 0 Å². The molecule has 0 spiro atoms. The molecule has 1 N–H and O–H groups in total. The number of rotatable bonds is 4. The summed E-state index contributed by atoms with van der Waals surface area (Å²) in [6.07, 6.45) is 3.93. The van der Waals surface area contributed by atoms with Gasteiger partial charge in [0.1, 0.15) is 0 Å². The summed E-state index contributed by atoms with van der Waals surface area (Å²) in [5, 5.41) is 3.39. The molecule has 1 aromatic heterocycles. The Morgan fingerprint density at radius 2 is 2.17 bits per heavy atom. The van der Waals surface area contributed by atoms with Crippen LogP contribution in [-0.2, 0) is 6.54 Å². The molecule has 1 aromatic rings. The van der Waals surface area contributed by atoms with Crippen molar-refractivity contribution < 1.29 is 0 Å². The van der Waals surface area contributed by atoms with Crippen molar-refractivity contribution in [3.8, 4) is 0 Å². The molecule has 0 bridgehead atoms. The summed E-state index contributed by atoms with van der Waals surface area (Å²) in [4.78, 5) is 9.23. The predicted octanol–water partition coefficient (Wildman–Crippen LogP) is 0.949. The molecule has 1 fully saturated rings. The Labute approximate surface area is 110 Å². The first-order valence-corrected chi connectivity index (χ1v) is 6.72. The summed E-state index contributed by atoms with van der Waals surface area (Å²) in [5.74, 6) is 0.978. The minimum absolute atomic E-state index is 0.415. The maximum Gasteiger partial charge on any atom is 0.203 e. The summed E-state index contributed by atoms with van der Waals surface area (Å²) in [6, 6.07) is 0.976. The van der Waals surface area contributed by atoms with Gasteiger partial charge in [0.05, 0.1) is 0 Å². The minimum atomic E-state index is 0.415. The molecule has 1 atom stereocenters. The van der Waals surface area contributed by atoms with Crippen molar-refractivity contribution in [2.45, 2.75) is 32.5 Å². The summed E-state index contributed by atoms with van der Waals surface area (Å²) in [5.41, 5.74) is 0. The lowest BCUT2D eigenvalue weighted by Crippen LogP contribution is -2.51. The fourth-order valence-electron chi connectivity index (χ4n) is 2.38. The van der Waals surface area contributed by atoms with Crippen LogP contribution in [0.4, 0.5) is 5.95 Å². The van der Waals surface area contributed by atoms with Crippen molar-refractivity contribution in [3.63, 3.8) is 0 Å². The van der Waals surface area contributed by atoms with Gasteiger partial charge in [0.2, 0.25) is 5.95 Å². The number of likely N-dealkylation sites (N-methyl/N-ethyl adjacent to an activating group) is 2. The van der Waals surface area contributed by atoms with Crippen molar-refractivity contribution in [1.29, 1.82) is 0 Å². The average Bonchev–Trinajstić information content (AvgIpc) is 2.70. The molecule has 0 saturated carbocycles. The Kier molecular flexibility index (Phi) is 4.24. The van der Waals surface area contributed by atoms with Crippen molar-refractivity contribution in [2.75, 3.05) is 39.0 Å². The van der Waals surface area contributed by atoms with Crippen LogP contribution in [0.1, 0.15) is 13.8 Å². The van der Waals surface area contributed by atoms with E-state index in [0.29, 0.717) is 12.1 Å². The largest absolute Gasteiger partial charge is 0.353 e. The molecule has 0 aliphatic carbocycles. The van der Waals surface area contributed by atoms with Crippen LogP contribution in [0.5, 0.6) is 0 Å². The SMILES string of the molecule is CC(C)Nc1nccn1CC1CN(C)CCN1C.